The van der Waals surface area contributed by atoms with Gasteiger partial charge in [0.2, 0.25) is 0 Å². The van der Waals surface area contributed by atoms with Gasteiger partial charge in [-0.1, -0.05) is 34.6 Å². The Morgan fingerprint density at radius 2 is 1.94 bits per heavy atom. The van der Waals surface area contributed by atoms with E-state index in [-0.39, 0.29) is 23.4 Å². The van der Waals surface area contributed by atoms with Crippen LogP contribution >= 0.6 is 0 Å². The van der Waals surface area contributed by atoms with Crippen LogP contribution in [-0.2, 0) is 9.53 Å². The maximum atomic E-state index is 11.7. The molecule has 2 aliphatic rings. The minimum Gasteiger partial charge on any atom is -0.462 e. The highest BCUT2D eigenvalue weighted by molar-refractivity contribution is 5.71. The van der Waals surface area contributed by atoms with Crippen LogP contribution in [0.2, 0.25) is 0 Å². The Bertz CT molecular complexity index is 306. The van der Waals surface area contributed by atoms with E-state index in [9.17, 15) is 4.79 Å². The number of fused-ring (bicyclic) bond motifs is 2. The summed E-state index contributed by atoms with van der Waals surface area (Å²) in [6, 6.07) is 0. The molecule has 2 fully saturated rings. The third kappa shape index (κ3) is 1.42. The first kappa shape index (κ1) is 11.9. The summed E-state index contributed by atoms with van der Waals surface area (Å²) < 4.78 is 5.71. The fourth-order valence-electron chi connectivity index (χ4n) is 3.58. The lowest BCUT2D eigenvalue weighted by Crippen LogP contribution is -2.39. The standard InChI is InChI=1S/C14H24O2/c1-9(2)12(15)16-11-8-10-6-7-14(11,5)13(10,3)4/h9-11H,6-8H2,1-5H3/t10-,11-,14+/m0/s1. The molecule has 2 saturated carbocycles. The molecule has 0 aromatic rings. The molecule has 0 heterocycles. The third-order valence-electron chi connectivity index (χ3n) is 5.44. The first-order valence-electron chi connectivity index (χ1n) is 6.49. The minimum atomic E-state index is -0.0328. The highest BCUT2D eigenvalue weighted by atomic mass is 16.5. The summed E-state index contributed by atoms with van der Waals surface area (Å²) >= 11 is 0. The zero-order chi connectivity index (χ0) is 12.1. The highest BCUT2D eigenvalue weighted by Gasteiger charge is 2.62. The number of hydrogen-bond acceptors (Lipinski definition) is 2. The number of esters is 1. The molecule has 3 atom stereocenters. The number of carbonyl (C=O) groups excluding carboxylic acids is 1. The molecule has 0 radical (unpaired) electrons. The van der Waals surface area contributed by atoms with E-state index in [0.29, 0.717) is 5.41 Å². The van der Waals surface area contributed by atoms with Crippen molar-refractivity contribution < 1.29 is 9.53 Å². The second-order valence-corrected chi connectivity index (χ2v) is 6.69. The lowest BCUT2D eigenvalue weighted by Gasteiger charge is -2.38. The quantitative estimate of drug-likeness (QED) is 0.672. The normalized spacial score (nSPS) is 40.4. The van der Waals surface area contributed by atoms with E-state index < -0.39 is 0 Å². The van der Waals surface area contributed by atoms with Crippen molar-refractivity contribution in [1.29, 1.82) is 0 Å². The Labute approximate surface area is 98.7 Å². The molecule has 2 nitrogen and oxygen atoms in total. The van der Waals surface area contributed by atoms with E-state index in [2.05, 4.69) is 20.8 Å². The van der Waals surface area contributed by atoms with Crippen molar-refractivity contribution in [2.75, 3.05) is 0 Å². The number of carbonyl (C=O) groups is 1. The van der Waals surface area contributed by atoms with Crippen molar-refractivity contribution in [2.24, 2.45) is 22.7 Å². The Hall–Kier alpha value is -0.530. The van der Waals surface area contributed by atoms with Gasteiger partial charge >= 0.3 is 5.97 Å². The smallest absolute Gasteiger partial charge is 0.308 e. The second-order valence-electron chi connectivity index (χ2n) is 6.69. The van der Waals surface area contributed by atoms with Crippen LogP contribution in [0.3, 0.4) is 0 Å². The van der Waals surface area contributed by atoms with Gasteiger partial charge in [0.05, 0.1) is 5.92 Å². The molecule has 0 aromatic carbocycles. The average molecular weight is 224 g/mol. The summed E-state index contributed by atoms with van der Waals surface area (Å²) in [6.45, 7) is 10.8. The summed E-state index contributed by atoms with van der Waals surface area (Å²) in [5, 5.41) is 0. The summed E-state index contributed by atoms with van der Waals surface area (Å²) in [5.41, 5.74) is 0.525. The van der Waals surface area contributed by atoms with Gasteiger partial charge in [-0.15, -0.1) is 0 Å². The molecule has 2 aliphatic carbocycles. The predicted octanol–water partition coefficient (Wildman–Crippen LogP) is 3.40. The first-order chi connectivity index (χ1) is 7.29. The van der Waals surface area contributed by atoms with Crippen LogP contribution in [-0.4, -0.2) is 12.1 Å². The molecule has 2 heteroatoms. The minimum absolute atomic E-state index is 0.00848. The van der Waals surface area contributed by atoms with Gasteiger partial charge in [-0.3, -0.25) is 4.79 Å². The summed E-state index contributed by atoms with van der Waals surface area (Å²) in [5.74, 6) is 0.697. The van der Waals surface area contributed by atoms with E-state index in [1.165, 1.54) is 12.8 Å². The number of hydrogen-bond donors (Lipinski definition) is 0. The molecule has 92 valence electrons. The molecule has 2 bridgehead atoms. The summed E-state index contributed by atoms with van der Waals surface area (Å²) in [7, 11) is 0. The molecule has 0 aromatic heterocycles. The van der Waals surface area contributed by atoms with Gasteiger partial charge in [-0.25, -0.2) is 0 Å². The van der Waals surface area contributed by atoms with Gasteiger partial charge in [-0.2, -0.15) is 0 Å². The second kappa shape index (κ2) is 3.48. The highest BCUT2D eigenvalue weighted by Crippen LogP contribution is 2.66. The van der Waals surface area contributed by atoms with E-state index in [4.69, 9.17) is 4.74 Å². The summed E-state index contributed by atoms with van der Waals surface area (Å²) in [4.78, 5) is 11.7. The van der Waals surface area contributed by atoms with Crippen LogP contribution in [0.1, 0.15) is 53.9 Å². The maximum Gasteiger partial charge on any atom is 0.308 e. The summed E-state index contributed by atoms with van der Waals surface area (Å²) in [6.07, 6.45) is 3.73. The van der Waals surface area contributed by atoms with E-state index in [1.54, 1.807) is 0 Å². The molecule has 0 aliphatic heterocycles. The van der Waals surface area contributed by atoms with Gasteiger partial charge in [0.15, 0.2) is 0 Å². The molecule has 2 rings (SSSR count). The van der Waals surface area contributed by atoms with Crippen LogP contribution in [0, 0.1) is 22.7 Å². The Morgan fingerprint density at radius 1 is 1.31 bits per heavy atom. The lowest BCUT2D eigenvalue weighted by molar-refractivity contribution is -0.160. The van der Waals surface area contributed by atoms with Gasteiger partial charge in [0.1, 0.15) is 6.10 Å². The molecule has 0 saturated heterocycles. The van der Waals surface area contributed by atoms with Crippen molar-refractivity contribution in [1.82, 2.24) is 0 Å². The van der Waals surface area contributed by atoms with Crippen LogP contribution in [0.5, 0.6) is 0 Å². The van der Waals surface area contributed by atoms with Crippen molar-refractivity contribution in [3.05, 3.63) is 0 Å². The van der Waals surface area contributed by atoms with Crippen LogP contribution in [0.25, 0.3) is 0 Å². The molecule has 0 unspecified atom stereocenters. The van der Waals surface area contributed by atoms with E-state index >= 15 is 0 Å². The van der Waals surface area contributed by atoms with Gasteiger partial charge in [-0.05, 0) is 30.6 Å². The SMILES string of the molecule is CC(C)C(=O)O[C@H]1C[C@@H]2CC[C@@]1(C)C2(C)C. The molecule has 16 heavy (non-hydrogen) atoms. The van der Waals surface area contributed by atoms with Crippen LogP contribution in [0.15, 0.2) is 0 Å². The van der Waals surface area contributed by atoms with Crippen molar-refractivity contribution in [2.45, 2.75) is 60.0 Å². The topological polar surface area (TPSA) is 26.3 Å². The van der Waals surface area contributed by atoms with Crippen molar-refractivity contribution in [3.8, 4) is 0 Å². The Balaban J connectivity index is 2.13. The predicted molar refractivity (Wildman–Crippen MR) is 63.9 cm³/mol. The van der Waals surface area contributed by atoms with Gasteiger partial charge in [0, 0.05) is 5.41 Å². The van der Waals surface area contributed by atoms with Crippen molar-refractivity contribution >= 4 is 5.97 Å². The molecular formula is C14H24O2. The van der Waals surface area contributed by atoms with E-state index in [1.807, 2.05) is 13.8 Å². The van der Waals surface area contributed by atoms with Gasteiger partial charge < -0.3 is 4.74 Å². The fraction of sp³-hybridized carbons (Fsp3) is 0.929. The lowest BCUT2D eigenvalue weighted by atomic mass is 9.70. The van der Waals surface area contributed by atoms with Crippen LogP contribution in [0.4, 0.5) is 0 Å². The first-order valence-corrected chi connectivity index (χ1v) is 6.49. The Kier molecular flexibility index (Phi) is 2.60. The van der Waals surface area contributed by atoms with Crippen molar-refractivity contribution in [3.63, 3.8) is 0 Å². The van der Waals surface area contributed by atoms with E-state index in [0.717, 1.165) is 12.3 Å². The largest absolute Gasteiger partial charge is 0.462 e. The zero-order valence-electron chi connectivity index (χ0n) is 11.2. The molecular weight excluding hydrogens is 200 g/mol. The molecule has 0 spiro atoms. The number of rotatable bonds is 2. The molecule has 0 amide bonds. The molecule has 0 N–H and O–H groups in total. The third-order valence-corrected chi connectivity index (χ3v) is 5.44. The Morgan fingerprint density at radius 3 is 2.31 bits per heavy atom. The average Bonchev–Trinajstić information content (AvgIpc) is 2.50. The number of ether oxygens (including phenoxy) is 1. The van der Waals surface area contributed by atoms with Crippen LogP contribution < -0.4 is 0 Å². The maximum absolute atomic E-state index is 11.7. The van der Waals surface area contributed by atoms with Gasteiger partial charge in [0.25, 0.3) is 0 Å². The zero-order valence-corrected chi connectivity index (χ0v) is 11.2. The fourth-order valence-corrected chi connectivity index (χ4v) is 3.58. The monoisotopic (exact) mass is 224 g/mol.